The van der Waals surface area contributed by atoms with E-state index in [1.165, 1.54) is 44.1 Å². The van der Waals surface area contributed by atoms with Crippen LogP contribution in [0.25, 0.3) is 16.7 Å². The smallest absolute Gasteiger partial charge is 0.335 e. The molecule has 0 radical (unpaired) electrons. The summed E-state index contributed by atoms with van der Waals surface area (Å²) in [4.78, 5) is 29.2. The van der Waals surface area contributed by atoms with Crippen molar-refractivity contribution in [3.05, 3.63) is 60.2 Å². The lowest BCUT2D eigenvalue weighted by Gasteiger charge is -2.57. The molecule has 1 amide bonds. The highest BCUT2D eigenvalue weighted by molar-refractivity contribution is 6.14. The van der Waals surface area contributed by atoms with Crippen LogP contribution >= 0.6 is 0 Å². The van der Waals surface area contributed by atoms with Gasteiger partial charge in [-0.1, -0.05) is 30.8 Å². The predicted octanol–water partition coefficient (Wildman–Crippen LogP) is 5.87. The molecule has 5 aliphatic rings. The van der Waals surface area contributed by atoms with Gasteiger partial charge in [-0.15, -0.1) is 0 Å². The molecule has 2 aromatic carbocycles. The largest absolute Gasteiger partial charge is 0.484 e. The first-order valence-electron chi connectivity index (χ1n) is 14.2. The van der Waals surface area contributed by atoms with Crippen LogP contribution in [0.3, 0.4) is 0 Å². The third-order valence-electron chi connectivity index (χ3n) is 9.21. The zero-order chi connectivity index (χ0) is 27.0. The molecule has 1 aliphatic heterocycles. The van der Waals surface area contributed by atoms with E-state index in [4.69, 9.17) is 14.3 Å². The van der Waals surface area contributed by atoms with Crippen molar-refractivity contribution in [3.8, 4) is 16.9 Å². The zero-order valence-corrected chi connectivity index (χ0v) is 22.3. The van der Waals surface area contributed by atoms with Crippen molar-refractivity contribution in [1.82, 2.24) is 5.48 Å². The van der Waals surface area contributed by atoms with E-state index in [-0.39, 0.29) is 23.5 Å². The Bertz CT molecular complexity index is 1210. The molecule has 4 saturated carbocycles. The highest BCUT2D eigenvalue weighted by Gasteiger charge is 2.52. The second-order valence-corrected chi connectivity index (χ2v) is 12.0. The van der Waals surface area contributed by atoms with Crippen LogP contribution in [-0.4, -0.2) is 36.5 Å². The van der Waals surface area contributed by atoms with Gasteiger partial charge in [0.15, 0.2) is 12.9 Å². The fourth-order valence-electron chi connectivity index (χ4n) is 7.83. The van der Waals surface area contributed by atoms with Crippen LogP contribution in [0.4, 0.5) is 0 Å². The first kappa shape index (κ1) is 26.1. The molecular weight excluding hydrogens is 494 g/mol. The maximum atomic E-state index is 12.2. The molecule has 7 nitrogen and oxygen atoms in total. The van der Waals surface area contributed by atoms with E-state index in [0.29, 0.717) is 17.9 Å². The zero-order valence-electron chi connectivity index (χ0n) is 22.3. The van der Waals surface area contributed by atoms with Gasteiger partial charge >= 0.3 is 5.97 Å². The van der Waals surface area contributed by atoms with Gasteiger partial charge in [0, 0.05) is 13.0 Å². The molecule has 1 atom stereocenters. The average molecular weight is 532 g/mol. The van der Waals surface area contributed by atoms with Gasteiger partial charge in [-0.3, -0.25) is 4.79 Å². The Labute approximate surface area is 229 Å². The van der Waals surface area contributed by atoms with E-state index in [1.807, 2.05) is 30.3 Å². The molecule has 5 fully saturated rings. The summed E-state index contributed by atoms with van der Waals surface area (Å²) >= 11 is 0. The fourth-order valence-corrected chi connectivity index (χ4v) is 7.83. The van der Waals surface area contributed by atoms with Crippen molar-refractivity contribution < 1.29 is 29.0 Å². The molecule has 1 saturated heterocycles. The van der Waals surface area contributed by atoms with E-state index < -0.39 is 12.3 Å². The summed E-state index contributed by atoms with van der Waals surface area (Å²) in [6.45, 7) is 4.32. The number of nitrogens with one attached hydrogen (secondary N) is 1. The number of hydrogen-bond donors (Lipinski definition) is 2. The Morgan fingerprint density at radius 3 is 2.31 bits per heavy atom. The summed E-state index contributed by atoms with van der Waals surface area (Å²) in [5.41, 5.74) is 6.78. The standard InChI is InChI=1S/C32H37NO6/c1-20(31(35)36)25-7-10-27(28(15-25)32-16-21-12-22(17-32)14-23(13-21)18-32)24-5-8-26(9-6-24)38-19-29(34)33-39-30-4-2-3-11-37-30/h5-10,15,21-23,30H,1-4,11-14,16-19H2,(H,33,34)(H,35,36). The fraction of sp³-hybridized carbons (Fsp3) is 0.500. The first-order chi connectivity index (χ1) is 18.9. The number of amides is 1. The number of ether oxygens (including phenoxy) is 2. The maximum Gasteiger partial charge on any atom is 0.335 e. The number of carbonyl (C=O) groups is 2. The molecule has 2 aromatic rings. The lowest BCUT2D eigenvalue weighted by atomic mass is 9.47. The molecule has 0 spiro atoms. The van der Waals surface area contributed by atoms with Crippen molar-refractivity contribution in [2.75, 3.05) is 13.2 Å². The quantitative estimate of drug-likeness (QED) is 0.310. The number of carbonyl (C=O) groups excluding carboxylic acids is 1. The van der Waals surface area contributed by atoms with E-state index in [0.717, 1.165) is 48.1 Å². The van der Waals surface area contributed by atoms with Crippen LogP contribution in [0, 0.1) is 17.8 Å². The SMILES string of the molecule is C=C(C(=O)O)c1ccc(-c2ccc(OCC(=O)NOC3CCCCO3)cc2)c(C23CC4CC(CC(C4)C2)C3)c1. The number of rotatable bonds is 9. The molecule has 39 heavy (non-hydrogen) atoms. The summed E-state index contributed by atoms with van der Waals surface area (Å²) < 4.78 is 11.1. The minimum atomic E-state index is -0.985. The average Bonchev–Trinajstić information content (AvgIpc) is 2.94. The third-order valence-corrected chi connectivity index (χ3v) is 9.21. The van der Waals surface area contributed by atoms with Crippen LogP contribution in [0.15, 0.2) is 49.0 Å². The number of hydroxylamine groups is 1. The molecule has 0 aromatic heterocycles. The monoisotopic (exact) mass is 531 g/mol. The van der Waals surface area contributed by atoms with Crippen LogP contribution in [0.2, 0.25) is 0 Å². The Balaban J connectivity index is 1.20. The van der Waals surface area contributed by atoms with Crippen LogP contribution < -0.4 is 10.2 Å². The molecule has 206 valence electrons. The third kappa shape index (κ3) is 5.48. The number of benzene rings is 2. The molecule has 2 N–H and O–H groups in total. The Morgan fingerprint density at radius 2 is 1.69 bits per heavy atom. The summed E-state index contributed by atoms with van der Waals surface area (Å²) in [5.74, 6) is 1.55. The van der Waals surface area contributed by atoms with Crippen LogP contribution in [0.5, 0.6) is 5.75 Å². The molecule has 7 heteroatoms. The lowest BCUT2D eigenvalue weighted by molar-refractivity contribution is -0.201. The van der Waals surface area contributed by atoms with Crippen molar-refractivity contribution in [1.29, 1.82) is 0 Å². The van der Waals surface area contributed by atoms with Gasteiger partial charge in [0.05, 0.1) is 5.57 Å². The molecule has 7 rings (SSSR count). The summed E-state index contributed by atoms with van der Waals surface area (Å²) in [6, 6.07) is 13.8. The number of carboxylic acid groups (broad SMARTS) is 1. The first-order valence-corrected chi connectivity index (χ1v) is 14.2. The van der Waals surface area contributed by atoms with Gasteiger partial charge in [0.2, 0.25) is 0 Å². The molecule has 1 unspecified atom stereocenters. The second kappa shape index (κ2) is 10.8. The van der Waals surface area contributed by atoms with E-state index in [2.05, 4.69) is 24.2 Å². The van der Waals surface area contributed by atoms with E-state index in [9.17, 15) is 14.7 Å². The van der Waals surface area contributed by atoms with Gasteiger partial charge in [0.1, 0.15) is 5.75 Å². The predicted molar refractivity (Wildman–Crippen MR) is 147 cm³/mol. The summed E-state index contributed by atoms with van der Waals surface area (Å²) in [7, 11) is 0. The number of hydrogen-bond acceptors (Lipinski definition) is 5. The maximum absolute atomic E-state index is 12.2. The highest BCUT2D eigenvalue weighted by atomic mass is 16.8. The Hall–Kier alpha value is -3.16. The second-order valence-electron chi connectivity index (χ2n) is 12.0. The van der Waals surface area contributed by atoms with Crippen LogP contribution in [0.1, 0.15) is 68.9 Å². The van der Waals surface area contributed by atoms with Crippen molar-refractivity contribution in [2.24, 2.45) is 17.8 Å². The minimum Gasteiger partial charge on any atom is -0.484 e. The van der Waals surface area contributed by atoms with Gasteiger partial charge in [-0.25, -0.2) is 15.1 Å². The minimum absolute atomic E-state index is 0.0915. The summed E-state index contributed by atoms with van der Waals surface area (Å²) in [5, 5.41) is 9.61. The number of aliphatic carboxylic acids is 1. The van der Waals surface area contributed by atoms with E-state index in [1.54, 1.807) is 0 Å². The number of carboxylic acids is 1. The van der Waals surface area contributed by atoms with Crippen molar-refractivity contribution in [3.63, 3.8) is 0 Å². The van der Waals surface area contributed by atoms with Gasteiger partial charge in [-0.2, -0.15) is 0 Å². The molecular formula is C32H37NO6. The summed E-state index contributed by atoms with van der Waals surface area (Å²) in [6.07, 6.45) is 9.96. The van der Waals surface area contributed by atoms with Crippen molar-refractivity contribution >= 4 is 17.4 Å². The van der Waals surface area contributed by atoms with Crippen molar-refractivity contribution in [2.45, 2.75) is 69.5 Å². The van der Waals surface area contributed by atoms with Gasteiger partial charge < -0.3 is 14.6 Å². The normalized spacial score (nSPS) is 29.1. The Kier molecular flexibility index (Phi) is 7.21. The van der Waals surface area contributed by atoms with E-state index >= 15 is 0 Å². The van der Waals surface area contributed by atoms with Gasteiger partial charge in [0.25, 0.3) is 5.91 Å². The highest BCUT2D eigenvalue weighted by Crippen LogP contribution is 2.62. The van der Waals surface area contributed by atoms with Crippen LogP contribution in [-0.2, 0) is 24.6 Å². The Morgan fingerprint density at radius 1 is 1.00 bits per heavy atom. The molecule has 4 aliphatic carbocycles. The lowest BCUT2D eigenvalue weighted by Crippen LogP contribution is -2.48. The van der Waals surface area contributed by atoms with Gasteiger partial charge in [-0.05, 0) is 115 Å². The molecule has 1 heterocycles. The topological polar surface area (TPSA) is 94.1 Å². The molecule has 4 bridgehead atoms.